The number of hydrogen-bond acceptors (Lipinski definition) is 5. The van der Waals surface area contributed by atoms with Crippen molar-refractivity contribution in [2.24, 2.45) is 11.7 Å². The molecule has 9 heteroatoms. The number of sulfonamides is 1. The van der Waals surface area contributed by atoms with Gasteiger partial charge in [0.1, 0.15) is 12.3 Å². The quantitative estimate of drug-likeness (QED) is 0.700. The summed E-state index contributed by atoms with van der Waals surface area (Å²) in [6, 6.07) is 13.0. The highest BCUT2D eigenvalue weighted by atomic mass is 32.2. The fourth-order valence-electron chi connectivity index (χ4n) is 3.54. The van der Waals surface area contributed by atoms with Gasteiger partial charge in [0.25, 0.3) is 10.0 Å². The highest BCUT2D eigenvalue weighted by Gasteiger charge is 2.31. The minimum Gasteiger partial charge on any atom is -0.497 e. The van der Waals surface area contributed by atoms with Gasteiger partial charge < -0.3 is 15.4 Å². The predicted octanol–water partition coefficient (Wildman–Crippen LogP) is 1.92. The molecule has 1 heterocycles. The summed E-state index contributed by atoms with van der Waals surface area (Å²) in [5.74, 6) is -0.363. The smallest absolute Gasteiger partial charge is 0.264 e. The number of nitrogens with zero attached hydrogens (tertiary/aromatic N) is 2. The van der Waals surface area contributed by atoms with Crippen molar-refractivity contribution in [3.05, 3.63) is 54.1 Å². The number of rotatable bonds is 7. The number of amides is 2. The molecule has 1 aliphatic heterocycles. The Labute approximate surface area is 182 Å². The number of benzene rings is 2. The van der Waals surface area contributed by atoms with Gasteiger partial charge in [-0.1, -0.05) is 17.7 Å². The molecule has 1 aliphatic rings. The molecule has 0 atom stereocenters. The molecule has 2 aromatic rings. The summed E-state index contributed by atoms with van der Waals surface area (Å²) in [6.07, 6.45) is 0.961. The first kappa shape index (κ1) is 22.6. The average Bonchev–Trinajstić information content (AvgIpc) is 2.77. The molecule has 8 nitrogen and oxygen atoms in total. The van der Waals surface area contributed by atoms with E-state index < -0.39 is 10.0 Å². The molecule has 166 valence electrons. The van der Waals surface area contributed by atoms with Gasteiger partial charge in [-0.3, -0.25) is 13.9 Å². The second-order valence-corrected chi connectivity index (χ2v) is 9.44. The van der Waals surface area contributed by atoms with E-state index in [1.807, 2.05) is 6.92 Å². The molecule has 1 fully saturated rings. The summed E-state index contributed by atoms with van der Waals surface area (Å²) >= 11 is 0. The molecular weight excluding hydrogens is 418 g/mol. The second kappa shape index (κ2) is 9.38. The van der Waals surface area contributed by atoms with Gasteiger partial charge in [0.2, 0.25) is 11.8 Å². The molecule has 0 spiro atoms. The number of anilines is 1. The van der Waals surface area contributed by atoms with Gasteiger partial charge in [0, 0.05) is 19.0 Å². The largest absolute Gasteiger partial charge is 0.497 e. The van der Waals surface area contributed by atoms with Crippen LogP contribution in [0.15, 0.2) is 53.4 Å². The Hall–Kier alpha value is -3.07. The number of hydrogen-bond donors (Lipinski definition) is 1. The minimum absolute atomic E-state index is 0.106. The van der Waals surface area contributed by atoms with E-state index in [-0.39, 0.29) is 29.2 Å². The maximum Gasteiger partial charge on any atom is 0.264 e. The lowest BCUT2D eigenvalue weighted by Gasteiger charge is -2.33. The van der Waals surface area contributed by atoms with Crippen LogP contribution in [0.3, 0.4) is 0 Å². The summed E-state index contributed by atoms with van der Waals surface area (Å²) in [4.78, 5) is 26.1. The number of likely N-dealkylation sites (tertiary alicyclic amines) is 1. The average molecular weight is 446 g/mol. The van der Waals surface area contributed by atoms with Crippen molar-refractivity contribution in [2.45, 2.75) is 24.7 Å². The van der Waals surface area contributed by atoms with Crippen molar-refractivity contribution >= 4 is 27.5 Å². The highest BCUT2D eigenvalue weighted by Crippen LogP contribution is 2.27. The van der Waals surface area contributed by atoms with Gasteiger partial charge in [0.15, 0.2) is 0 Å². The Morgan fingerprint density at radius 3 is 2.16 bits per heavy atom. The first-order chi connectivity index (χ1) is 14.7. The van der Waals surface area contributed by atoms with Crippen LogP contribution >= 0.6 is 0 Å². The van der Waals surface area contributed by atoms with Crippen LogP contribution in [0.25, 0.3) is 0 Å². The van der Waals surface area contributed by atoms with Crippen molar-refractivity contribution in [1.29, 1.82) is 0 Å². The van der Waals surface area contributed by atoms with Crippen LogP contribution in [-0.2, 0) is 19.6 Å². The Morgan fingerprint density at radius 2 is 1.65 bits per heavy atom. The van der Waals surface area contributed by atoms with E-state index in [9.17, 15) is 18.0 Å². The lowest BCUT2D eigenvalue weighted by molar-refractivity contribution is -0.133. The molecule has 0 saturated carbocycles. The molecule has 3 rings (SSSR count). The second-order valence-electron chi connectivity index (χ2n) is 7.58. The number of nitrogens with two attached hydrogens (primary N) is 1. The van der Waals surface area contributed by atoms with Gasteiger partial charge >= 0.3 is 0 Å². The molecule has 0 radical (unpaired) electrons. The number of aryl methyl sites for hydroxylation is 1. The number of methoxy groups -OCH3 is 1. The first-order valence-corrected chi connectivity index (χ1v) is 11.5. The molecule has 1 saturated heterocycles. The van der Waals surface area contributed by atoms with Gasteiger partial charge in [0.05, 0.1) is 17.7 Å². The van der Waals surface area contributed by atoms with Crippen molar-refractivity contribution < 1.29 is 22.7 Å². The van der Waals surface area contributed by atoms with Gasteiger partial charge in [-0.05, 0) is 56.2 Å². The molecular formula is C22H27N3O5S. The molecule has 0 aliphatic carbocycles. The SMILES string of the molecule is COc1ccc(N(CC(=O)N2CCC(C(N)=O)CC2)S(=O)(=O)c2ccc(C)cc2)cc1. The molecule has 31 heavy (non-hydrogen) atoms. The van der Waals surface area contributed by atoms with Crippen molar-refractivity contribution in [3.63, 3.8) is 0 Å². The van der Waals surface area contributed by atoms with Crippen LogP contribution in [0.5, 0.6) is 5.75 Å². The first-order valence-electron chi connectivity index (χ1n) is 10.0. The van der Waals surface area contributed by atoms with Crippen molar-refractivity contribution in [1.82, 2.24) is 4.90 Å². The van der Waals surface area contributed by atoms with Crippen LogP contribution in [0.1, 0.15) is 18.4 Å². The fraction of sp³-hybridized carbons (Fsp3) is 0.364. The summed E-state index contributed by atoms with van der Waals surface area (Å²) in [5, 5.41) is 0. The minimum atomic E-state index is -3.98. The lowest BCUT2D eigenvalue weighted by Crippen LogP contribution is -2.47. The molecule has 2 amide bonds. The van der Waals surface area contributed by atoms with E-state index in [1.54, 1.807) is 41.3 Å². The van der Waals surface area contributed by atoms with Crippen molar-refractivity contribution in [3.8, 4) is 5.75 Å². The van der Waals surface area contributed by atoms with Crippen LogP contribution in [0, 0.1) is 12.8 Å². The topological polar surface area (TPSA) is 110 Å². The number of primary amides is 1. The third-order valence-corrected chi connectivity index (χ3v) is 7.29. The summed E-state index contributed by atoms with van der Waals surface area (Å²) in [5.41, 5.74) is 6.66. The fourth-order valence-corrected chi connectivity index (χ4v) is 4.95. The van der Waals surface area contributed by atoms with E-state index in [4.69, 9.17) is 10.5 Å². The van der Waals surface area contributed by atoms with Crippen LogP contribution in [0.2, 0.25) is 0 Å². The monoisotopic (exact) mass is 445 g/mol. The lowest BCUT2D eigenvalue weighted by atomic mass is 9.96. The van der Waals surface area contributed by atoms with E-state index in [1.165, 1.54) is 19.2 Å². The molecule has 0 bridgehead atoms. The third-order valence-electron chi connectivity index (χ3n) is 5.50. The summed E-state index contributed by atoms with van der Waals surface area (Å²) in [7, 11) is -2.45. The number of ether oxygens (including phenoxy) is 1. The predicted molar refractivity (Wildman–Crippen MR) is 117 cm³/mol. The molecule has 2 aromatic carbocycles. The van der Waals surface area contributed by atoms with Gasteiger partial charge in [-0.2, -0.15) is 0 Å². The van der Waals surface area contributed by atoms with E-state index in [2.05, 4.69) is 0 Å². The Bertz CT molecular complexity index is 1030. The Morgan fingerprint density at radius 1 is 1.06 bits per heavy atom. The summed E-state index contributed by atoms with van der Waals surface area (Å²) in [6.45, 7) is 2.27. The molecule has 0 aromatic heterocycles. The van der Waals surface area contributed by atoms with Crippen LogP contribution in [-0.4, -0.2) is 51.9 Å². The van der Waals surface area contributed by atoms with Gasteiger partial charge in [-0.25, -0.2) is 8.42 Å². The zero-order valence-corrected chi connectivity index (χ0v) is 18.5. The third kappa shape index (κ3) is 5.16. The summed E-state index contributed by atoms with van der Waals surface area (Å²) < 4.78 is 33.1. The molecule has 0 unspecified atom stereocenters. The van der Waals surface area contributed by atoms with Crippen LogP contribution < -0.4 is 14.8 Å². The van der Waals surface area contributed by atoms with Crippen molar-refractivity contribution in [2.75, 3.05) is 31.0 Å². The van der Waals surface area contributed by atoms with Gasteiger partial charge in [-0.15, -0.1) is 0 Å². The highest BCUT2D eigenvalue weighted by molar-refractivity contribution is 7.92. The maximum absolute atomic E-state index is 13.4. The van der Waals surface area contributed by atoms with E-state index in [0.29, 0.717) is 37.4 Å². The van der Waals surface area contributed by atoms with Crippen LogP contribution in [0.4, 0.5) is 5.69 Å². The zero-order valence-electron chi connectivity index (χ0n) is 17.7. The molecule has 2 N–H and O–H groups in total. The standard InChI is InChI=1S/C22H27N3O5S/c1-16-3-9-20(10-4-16)31(28,29)25(18-5-7-19(30-2)8-6-18)15-21(26)24-13-11-17(12-14-24)22(23)27/h3-10,17H,11-15H2,1-2H3,(H2,23,27). The maximum atomic E-state index is 13.4. The zero-order chi connectivity index (χ0) is 22.6. The van der Waals surface area contributed by atoms with E-state index >= 15 is 0 Å². The number of carbonyl (C=O) groups is 2. The Balaban J connectivity index is 1.88. The Kier molecular flexibility index (Phi) is 6.84. The number of carbonyl (C=O) groups excluding carboxylic acids is 2. The van der Waals surface area contributed by atoms with E-state index in [0.717, 1.165) is 9.87 Å². The normalized spacial score (nSPS) is 14.8. The number of piperidine rings is 1.